The zero-order valence-corrected chi connectivity index (χ0v) is 5.97. The highest BCUT2D eigenvalue weighted by Crippen LogP contribution is 2.02. The van der Waals surface area contributed by atoms with Crippen LogP contribution in [0.4, 0.5) is 4.39 Å². The third-order valence-electron chi connectivity index (χ3n) is 1.12. The third kappa shape index (κ3) is 3.40. The number of ether oxygens (including phenoxy) is 1. The van der Waals surface area contributed by atoms with Crippen molar-refractivity contribution in [2.24, 2.45) is 5.73 Å². The van der Waals surface area contributed by atoms with E-state index in [0.29, 0.717) is 13.0 Å². The summed E-state index contributed by atoms with van der Waals surface area (Å²) in [5.41, 5.74) is 5.10. The molecule has 0 aromatic heterocycles. The minimum atomic E-state index is -1.51. The molecule has 0 amide bonds. The monoisotopic (exact) mass is 149 g/mol. The summed E-state index contributed by atoms with van der Waals surface area (Å²) < 4.78 is 16.6. The van der Waals surface area contributed by atoms with Crippen LogP contribution in [0.15, 0.2) is 0 Å². The second kappa shape index (κ2) is 5.17. The van der Waals surface area contributed by atoms with Gasteiger partial charge in [0.1, 0.15) is 0 Å². The van der Waals surface area contributed by atoms with Crippen molar-refractivity contribution in [2.75, 3.05) is 13.7 Å². The van der Waals surface area contributed by atoms with Crippen LogP contribution in [0.1, 0.15) is 12.8 Å². The lowest BCUT2D eigenvalue weighted by atomic mass is 10.2. The molecule has 0 bridgehead atoms. The van der Waals surface area contributed by atoms with Crippen molar-refractivity contribution in [3.05, 3.63) is 0 Å². The zero-order valence-electron chi connectivity index (χ0n) is 5.97. The second-order valence-electron chi connectivity index (χ2n) is 1.92. The highest BCUT2D eigenvalue weighted by molar-refractivity contribution is 5.74. The first-order valence-electron chi connectivity index (χ1n) is 3.14. The van der Waals surface area contributed by atoms with E-state index in [1.807, 2.05) is 0 Å². The molecule has 4 heteroatoms. The molecule has 3 nitrogen and oxygen atoms in total. The van der Waals surface area contributed by atoms with E-state index in [1.165, 1.54) is 0 Å². The van der Waals surface area contributed by atoms with E-state index in [-0.39, 0.29) is 6.42 Å². The summed E-state index contributed by atoms with van der Waals surface area (Å²) in [7, 11) is 1.16. The van der Waals surface area contributed by atoms with E-state index in [2.05, 4.69) is 4.74 Å². The van der Waals surface area contributed by atoms with Crippen molar-refractivity contribution in [1.29, 1.82) is 0 Å². The fourth-order valence-corrected chi connectivity index (χ4v) is 0.543. The fourth-order valence-electron chi connectivity index (χ4n) is 0.543. The summed E-state index contributed by atoms with van der Waals surface area (Å²) in [5, 5.41) is 0. The number of hydrogen-bond acceptors (Lipinski definition) is 3. The van der Waals surface area contributed by atoms with E-state index >= 15 is 0 Å². The minimum Gasteiger partial charge on any atom is -0.467 e. The van der Waals surface area contributed by atoms with E-state index in [9.17, 15) is 9.18 Å². The Labute approximate surface area is 59.3 Å². The van der Waals surface area contributed by atoms with Gasteiger partial charge in [0.25, 0.3) is 0 Å². The molecule has 0 fully saturated rings. The van der Waals surface area contributed by atoms with Gasteiger partial charge in [0.2, 0.25) is 0 Å². The summed E-state index contributed by atoms with van der Waals surface area (Å²) in [6, 6.07) is 0. The maximum Gasteiger partial charge on any atom is 0.340 e. The number of esters is 1. The minimum absolute atomic E-state index is 0.156. The summed E-state index contributed by atoms with van der Waals surface area (Å²) >= 11 is 0. The van der Waals surface area contributed by atoms with Crippen molar-refractivity contribution in [3.63, 3.8) is 0 Å². The number of rotatable bonds is 4. The van der Waals surface area contributed by atoms with Gasteiger partial charge in [-0.1, -0.05) is 0 Å². The Bertz CT molecular complexity index is 108. The Morgan fingerprint density at radius 3 is 2.80 bits per heavy atom. The lowest BCUT2D eigenvalue weighted by Gasteiger charge is -2.03. The average molecular weight is 149 g/mol. The van der Waals surface area contributed by atoms with Crippen LogP contribution in [0.25, 0.3) is 0 Å². The van der Waals surface area contributed by atoms with Gasteiger partial charge in [-0.15, -0.1) is 0 Å². The fraction of sp³-hybridized carbons (Fsp3) is 0.833. The molecule has 0 aliphatic rings. The molecule has 1 unspecified atom stereocenters. The Morgan fingerprint density at radius 2 is 2.40 bits per heavy atom. The van der Waals surface area contributed by atoms with Gasteiger partial charge >= 0.3 is 5.97 Å². The van der Waals surface area contributed by atoms with Crippen LogP contribution in [0.5, 0.6) is 0 Å². The van der Waals surface area contributed by atoms with Crippen LogP contribution in [0, 0.1) is 0 Å². The number of carbonyl (C=O) groups excluding carboxylic acids is 1. The van der Waals surface area contributed by atoms with Crippen molar-refractivity contribution in [2.45, 2.75) is 19.0 Å². The molecule has 0 aliphatic heterocycles. The SMILES string of the molecule is COC(=O)C(F)CCCN. The Balaban J connectivity index is 3.41. The smallest absolute Gasteiger partial charge is 0.340 e. The predicted octanol–water partition coefficient (Wildman–Crippen LogP) is 0.236. The van der Waals surface area contributed by atoms with E-state index < -0.39 is 12.1 Å². The Kier molecular flexibility index (Phi) is 4.84. The number of nitrogens with two attached hydrogens (primary N) is 1. The number of hydrogen-bond donors (Lipinski definition) is 1. The standard InChI is InChI=1S/C6H12FNO2/c1-10-6(9)5(7)3-2-4-8/h5H,2-4,8H2,1H3. The summed E-state index contributed by atoms with van der Waals surface area (Å²) in [5.74, 6) is -0.812. The third-order valence-corrected chi connectivity index (χ3v) is 1.12. The number of carbonyl (C=O) groups is 1. The highest BCUT2D eigenvalue weighted by atomic mass is 19.1. The number of halogens is 1. The summed E-state index contributed by atoms with van der Waals surface area (Å²) in [6.07, 6.45) is -0.840. The van der Waals surface area contributed by atoms with E-state index in [1.54, 1.807) is 0 Å². The molecule has 60 valence electrons. The molecule has 0 saturated heterocycles. The average Bonchev–Trinajstić information content (AvgIpc) is 1.98. The summed E-state index contributed by atoms with van der Waals surface area (Å²) in [4.78, 5) is 10.4. The normalized spacial score (nSPS) is 12.7. The van der Waals surface area contributed by atoms with Crippen molar-refractivity contribution >= 4 is 5.97 Å². The largest absolute Gasteiger partial charge is 0.467 e. The summed E-state index contributed by atoms with van der Waals surface area (Å²) in [6.45, 7) is 0.400. The molecular weight excluding hydrogens is 137 g/mol. The molecule has 0 aromatic carbocycles. The van der Waals surface area contributed by atoms with Gasteiger partial charge < -0.3 is 10.5 Å². The highest BCUT2D eigenvalue weighted by Gasteiger charge is 2.15. The quantitative estimate of drug-likeness (QED) is 0.582. The first-order valence-corrected chi connectivity index (χ1v) is 3.14. The first kappa shape index (κ1) is 9.36. The molecule has 0 spiro atoms. The molecule has 0 radical (unpaired) electrons. The molecule has 0 saturated carbocycles. The van der Waals surface area contributed by atoms with Gasteiger partial charge in [-0.2, -0.15) is 0 Å². The molecule has 0 heterocycles. The Morgan fingerprint density at radius 1 is 1.80 bits per heavy atom. The van der Waals surface area contributed by atoms with Gasteiger partial charge in [0.05, 0.1) is 7.11 Å². The van der Waals surface area contributed by atoms with Gasteiger partial charge in [-0.3, -0.25) is 0 Å². The van der Waals surface area contributed by atoms with E-state index in [4.69, 9.17) is 5.73 Å². The number of alkyl halides is 1. The lowest BCUT2D eigenvalue weighted by molar-refractivity contribution is -0.146. The zero-order chi connectivity index (χ0) is 7.98. The van der Waals surface area contributed by atoms with Crippen molar-refractivity contribution < 1.29 is 13.9 Å². The first-order chi connectivity index (χ1) is 4.72. The van der Waals surface area contributed by atoms with Crippen LogP contribution in [0.2, 0.25) is 0 Å². The van der Waals surface area contributed by atoms with Crippen LogP contribution in [0.3, 0.4) is 0 Å². The van der Waals surface area contributed by atoms with Crippen LogP contribution >= 0.6 is 0 Å². The molecule has 0 rings (SSSR count). The van der Waals surface area contributed by atoms with Gasteiger partial charge in [0.15, 0.2) is 6.17 Å². The van der Waals surface area contributed by atoms with Crippen LogP contribution in [-0.4, -0.2) is 25.8 Å². The van der Waals surface area contributed by atoms with Gasteiger partial charge in [-0.05, 0) is 19.4 Å². The molecule has 1 atom stereocenters. The molecule has 0 aliphatic carbocycles. The molecule has 10 heavy (non-hydrogen) atoms. The van der Waals surface area contributed by atoms with Crippen molar-refractivity contribution in [3.8, 4) is 0 Å². The predicted molar refractivity (Wildman–Crippen MR) is 35.2 cm³/mol. The molecular formula is C6H12FNO2. The Hall–Kier alpha value is -0.640. The maximum atomic E-state index is 12.5. The van der Waals surface area contributed by atoms with Crippen LogP contribution < -0.4 is 5.73 Å². The van der Waals surface area contributed by atoms with Crippen LogP contribution in [-0.2, 0) is 9.53 Å². The lowest BCUT2D eigenvalue weighted by Crippen LogP contribution is -2.18. The second-order valence-corrected chi connectivity index (χ2v) is 1.92. The van der Waals surface area contributed by atoms with Gasteiger partial charge in [0, 0.05) is 0 Å². The van der Waals surface area contributed by atoms with E-state index in [0.717, 1.165) is 7.11 Å². The molecule has 2 N–H and O–H groups in total. The topological polar surface area (TPSA) is 52.3 Å². The molecule has 0 aromatic rings. The van der Waals surface area contributed by atoms with Gasteiger partial charge in [-0.25, -0.2) is 9.18 Å². The number of methoxy groups -OCH3 is 1. The van der Waals surface area contributed by atoms with Crippen molar-refractivity contribution in [1.82, 2.24) is 0 Å². The maximum absolute atomic E-state index is 12.5.